The van der Waals surface area contributed by atoms with Crippen LogP contribution in [-0.4, -0.2) is 54.9 Å². The van der Waals surface area contributed by atoms with E-state index in [9.17, 15) is 31.1 Å². The van der Waals surface area contributed by atoms with Crippen LogP contribution >= 0.6 is 0 Å². The van der Waals surface area contributed by atoms with E-state index in [0.29, 0.717) is 38.4 Å². The van der Waals surface area contributed by atoms with Crippen LogP contribution in [0, 0.1) is 0 Å². The highest BCUT2D eigenvalue weighted by Crippen LogP contribution is 2.29. The fourth-order valence-electron chi connectivity index (χ4n) is 3.43. The maximum Gasteiger partial charge on any atom is 0.573 e. The lowest BCUT2D eigenvalue weighted by molar-refractivity contribution is -0.274. The van der Waals surface area contributed by atoms with Gasteiger partial charge in [0, 0.05) is 44.5 Å². The first-order valence-electron chi connectivity index (χ1n) is 10.1. The van der Waals surface area contributed by atoms with Gasteiger partial charge in [0.1, 0.15) is 11.6 Å². The number of halogens is 6. The number of nitrogens with one attached hydrogen (secondary N) is 1. The molecule has 0 aliphatic carbocycles. The maximum absolute atomic E-state index is 12.7. The van der Waals surface area contributed by atoms with Crippen molar-refractivity contribution in [1.29, 1.82) is 0 Å². The van der Waals surface area contributed by atoms with Gasteiger partial charge in [-0.2, -0.15) is 13.2 Å². The van der Waals surface area contributed by atoms with Crippen molar-refractivity contribution in [2.24, 2.45) is 0 Å². The topological polar surface area (TPSA) is 57.7 Å². The molecule has 1 saturated heterocycles. The molecule has 1 aliphatic rings. The maximum atomic E-state index is 12.7. The molecule has 1 aliphatic heterocycles. The summed E-state index contributed by atoms with van der Waals surface area (Å²) in [7, 11) is 0. The minimum absolute atomic E-state index is 0.0383. The molecule has 2 aromatic rings. The Labute approximate surface area is 186 Å². The van der Waals surface area contributed by atoms with Crippen LogP contribution in [0.25, 0.3) is 0 Å². The number of hydrogen-bond acceptors (Lipinski definition) is 5. The number of hydrogen-bond donors (Lipinski definition) is 1. The molecule has 1 amide bonds. The number of alkyl halides is 6. The number of carbonyl (C=O) groups is 1. The zero-order valence-corrected chi connectivity index (χ0v) is 17.4. The number of pyridine rings is 1. The molecule has 6 nitrogen and oxygen atoms in total. The molecule has 2 heterocycles. The van der Waals surface area contributed by atoms with Gasteiger partial charge in [-0.05, 0) is 24.6 Å². The lowest BCUT2D eigenvalue weighted by Gasteiger charge is -2.23. The number of nitrogens with zero attached hydrogens (tertiary/aromatic N) is 3. The quantitative estimate of drug-likeness (QED) is 0.643. The molecule has 1 N–H and O–H groups in total. The Morgan fingerprint density at radius 1 is 1.00 bits per heavy atom. The van der Waals surface area contributed by atoms with E-state index in [-0.39, 0.29) is 30.3 Å². The van der Waals surface area contributed by atoms with Gasteiger partial charge in [-0.25, -0.2) is 4.98 Å². The Bertz CT molecular complexity index is 934. The van der Waals surface area contributed by atoms with Crippen LogP contribution in [-0.2, 0) is 17.5 Å². The van der Waals surface area contributed by atoms with Crippen LogP contribution in [0.2, 0.25) is 0 Å². The van der Waals surface area contributed by atoms with Gasteiger partial charge in [-0.3, -0.25) is 9.69 Å². The van der Waals surface area contributed by atoms with E-state index in [4.69, 9.17) is 0 Å². The number of aromatic nitrogens is 1. The van der Waals surface area contributed by atoms with Crippen molar-refractivity contribution in [3.63, 3.8) is 0 Å². The number of benzene rings is 1. The minimum Gasteiger partial charge on any atom is -0.405 e. The number of anilines is 1. The van der Waals surface area contributed by atoms with Crippen molar-refractivity contribution in [3.8, 4) is 5.75 Å². The molecule has 33 heavy (non-hydrogen) atoms. The third-order valence-corrected chi connectivity index (χ3v) is 5.03. The second kappa shape index (κ2) is 10.3. The van der Waals surface area contributed by atoms with Gasteiger partial charge in [-0.1, -0.05) is 18.2 Å². The zero-order chi connectivity index (χ0) is 24.1. The molecule has 1 fully saturated rings. The number of amides is 1. The number of ether oxygens (including phenoxy) is 1. The molecule has 0 radical (unpaired) electrons. The summed E-state index contributed by atoms with van der Waals surface area (Å²) in [6, 6.07) is 7.87. The monoisotopic (exact) mass is 476 g/mol. The fourth-order valence-corrected chi connectivity index (χ4v) is 3.43. The van der Waals surface area contributed by atoms with E-state index < -0.39 is 18.1 Å². The molecule has 3 rings (SSSR count). The van der Waals surface area contributed by atoms with E-state index in [2.05, 4.69) is 15.0 Å². The van der Waals surface area contributed by atoms with Crippen molar-refractivity contribution >= 4 is 11.7 Å². The molecular formula is C21H22F6N4O2. The lowest BCUT2D eigenvalue weighted by Crippen LogP contribution is -2.39. The molecular weight excluding hydrogens is 454 g/mol. The highest BCUT2D eigenvalue weighted by atomic mass is 19.4. The predicted molar refractivity (Wildman–Crippen MR) is 107 cm³/mol. The summed E-state index contributed by atoms with van der Waals surface area (Å²) < 4.78 is 79.7. The summed E-state index contributed by atoms with van der Waals surface area (Å²) in [5.41, 5.74) is -0.625. The summed E-state index contributed by atoms with van der Waals surface area (Å²) >= 11 is 0. The predicted octanol–water partition coefficient (Wildman–Crippen LogP) is 3.83. The SMILES string of the molecule is O=C(CN1CCCN(c2ccc(C(F)(F)F)cn2)CC1)NCc1ccccc1OC(F)(F)F. The summed E-state index contributed by atoms with van der Waals surface area (Å²) in [5.74, 6) is -0.312. The number of rotatable bonds is 6. The molecule has 1 aromatic heterocycles. The smallest absolute Gasteiger partial charge is 0.405 e. The summed E-state index contributed by atoms with van der Waals surface area (Å²) in [4.78, 5) is 20.0. The van der Waals surface area contributed by atoms with Gasteiger partial charge in [0.15, 0.2) is 0 Å². The van der Waals surface area contributed by atoms with E-state index in [0.717, 1.165) is 12.3 Å². The number of carbonyl (C=O) groups excluding carboxylic acids is 1. The van der Waals surface area contributed by atoms with Gasteiger partial charge in [0.2, 0.25) is 5.91 Å². The molecule has 0 atom stereocenters. The number of para-hydroxylation sites is 1. The lowest BCUT2D eigenvalue weighted by atomic mass is 10.2. The fraction of sp³-hybridized carbons (Fsp3) is 0.429. The second-order valence-electron chi connectivity index (χ2n) is 7.45. The van der Waals surface area contributed by atoms with Crippen LogP contribution < -0.4 is 15.0 Å². The summed E-state index contributed by atoms with van der Waals surface area (Å²) in [6.45, 7) is 2.01. The first kappa shape index (κ1) is 24.6. The molecule has 180 valence electrons. The Balaban J connectivity index is 1.50. The van der Waals surface area contributed by atoms with E-state index >= 15 is 0 Å². The van der Waals surface area contributed by atoms with Crippen LogP contribution in [0.3, 0.4) is 0 Å². The Morgan fingerprint density at radius 3 is 2.42 bits per heavy atom. The normalized spacial score (nSPS) is 15.8. The van der Waals surface area contributed by atoms with Gasteiger partial charge in [0.25, 0.3) is 0 Å². The van der Waals surface area contributed by atoms with Crippen molar-refractivity contribution in [2.75, 3.05) is 37.6 Å². The largest absolute Gasteiger partial charge is 0.573 e. The second-order valence-corrected chi connectivity index (χ2v) is 7.45. The molecule has 0 unspecified atom stereocenters. The van der Waals surface area contributed by atoms with Crippen LogP contribution in [0.5, 0.6) is 5.75 Å². The molecule has 12 heteroatoms. The van der Waals surface area contributed by atoms with Gasteiger partial charge in [0.05, 0.1) is 12.1 Å². The van der Waals surface area contributed by atoms with Gasteiger partial charge < -0.3 is 15.0 Å². The molecule has 1 aromatic carbocycles. The first-order valence-corrected chi connectivity index (χ1v) is 10.1. The van der Waals surface area contributed by atoms with E-state index in [1.807, 2.05) is 9.80 Å². The third-order valence-electron chi connectivity index (χ3n) is 5.03. The zero-order valence-electron chi connectivity index (χ0n) is 17.4. The van der Waals surface area contributed by atoms with E-state index in [1.54, 1.807) is 6.07 Å². The average Bonchev–Trinajstić information content (AvgIpc) is 2.97. The molecule has 0 bridgehead atoms. The highest BCUT2D eigenvalue weighted by molar-refractivity contribution is 5.78. The van der Waals surface area contributed by atoms with Crippen LogP contribution in [0.4, 0.5) is 32.2 Å². The van der Waals surface area contributed by atoms with Crippen molar-refractivity contribution < 1.29 is 35.9 Å². The van der Waals surface area contributed by atoms with Crippen molar-refractivity contribution in [1.82, 2.24) is 15.2 Å². The molecule has 0 saturated carbocycles. The van der Waals surface area contributed by atoms with Gasteiger partial charge >= 0.3 is 12.5 Å². The summed E-state index contributed by atoms with van der Waals surface area (Å²) in [6.07, 6.45) is -7.82. The third kappa shape index (κ3) is 7.52. The van der Waals surface area contributed by atoms with Crippen molar-refractivity contribution in [3.05, 3.63) is 53.7 Å². The Hall–Kier alpha value is -3.02. The standard InChI is InChI=1S/C21H22F6N4O2/c22-20(23,24)16-6-7-18(28-13-16)31-9-3-8-30(10-11-31)14-19(32)29-12-15-4-1-2-5-17(15)33-21(25,26)27/h1-2,4-7,13H,3,8-12,14H2,(H,29,32). The highest BCUT2D eigenvalue weighted by Gasteiger charge is 2.32. The van der Waals surface area contributed by atoms with Crippen LogP contribution in [0.15, 0.2) is 42.6 Å². The van der Waals surface area contributed by atoms with Crippen LogP contribution in [0.1, 0.15) is 17.5 Å². The van der Waals surface area contributed by atoms with Crippen molar-refractivity contribution in [2.45, 2.75) is 25.5 Å². The first-order chi connectivity index (χ1) is 15.5. The van der Waals surface area contributed by atoms with Gasteiger partial charge in [-0.15, -0.1) is 13.2 Å². The Kier molecular flexibility index (Phi) is 7.67. The summed E-state index contributed by atoms with van der Waals surface area (Å²) in [5, 5.41) is 2.60. The minimum atomic E-state index is -4.83. The average molecular weight is 476 g/mol. The van der Waals surface area contributed by atoms with E-state index in [1.165, 1.54) is 24.3 Å². The Morgan fingerprint density at radius 2 is 1.76 bits per heavy atom. The molecule has 0 spiro atoms.